The summed E-state index contributed by atoms with van der Waals surface area (Å²) in [6.07, 6.45) is -7.98. The maximum atomic E-state index is 12.8. The van der Waals surface area contributed by atoms with Crippen molar-refractivity contribution in [2.24, 2.45) is 4.99 Å². The molecule has 0 spiro atoms. The van der Waals surface area contributed by atoms with Gasteiger partial charge in [0.15, 0.2) is 17.6 Å². The van der Waals surface area contributed by atoms with Gasteiger partial charge in [-0.05, 0) is 60.2 Å². The maximum Gasteiger partial charge on any atom is 0.573 e. The lowest BCUT2D eigenvalue weighted by atomic mass is 10.1. The number of rotatable bonds is 9. The predicted octanol–water partition coefficient (Wildman–Crippen LogP) is 6.87. The quantitative estimate of drug-likeness (QED) is 0.113. The number of amidine groups is 1. The van der Waals surface area contributed by atoms with Gasteiger partial charge < -0.3 is 9.47 Å². The normalized spacial score (nSPS) is 14.5. The summed E-state index contributed by atoms with van der Waals surface area (Å²) in [5.74, 6) is -0.728. The number of hydrogen-bond acceptors (Lipinski definition) is 8. The number of halogens is 7. The van der Waals surface area contributed by atoms with Crippen LogP contribution in [0.1, 0.15) is 5.56 Å². The summed E-state index contributed by atoms with van der Waals surface area (Å²) in [5, 5.41) is 4.44. The number of carbonyl (C=O) groups excluding carboxylic acids is 1. The number of thioether (sulfide) groups is 1. The van der Waals surface area contributed by atoms with Gasteiger partial charge in [-0.1, -0.05) is 47.6 Å². The zero-order valence-electron chi connectivity index (χ0n) is 23.4. The van der Waals surface area contributed by atoms with Crippen molar-refractivity contribution in [3.05, 3.63) is 83.6 Å². The van der Waals surface area contributed by atoms with Gasteiger partial charge in [0.2, 0.25) is 11.0 Å². The van der Waals surface area contributed by atoms with Crippen molar-refractivity contribution in [1.29, 1.82) is 0 Å². The Labute approximate surface area is 276 Å². The molecule has 3 aromatic carbocycles. The van der Waals surface area contributed by atoms with Gasteiger partial charge in [-0.3, -0.25) is 14.5 Å². The number of nitrogens with zero attached hydrogens (tertiary/aromatic N) is 5. The van der Waals surface area contributed by atoms with Crippen molar-refractivity contribution >= 4 is 57.5 Å². The van der Waals surface area contributed by atoms with Crippen LogP contribution in [-0.2, 0) is 16.2 Å². The van der Waals surface area contributed by atoms with Crippen molar-refractivity contribution < 1.29 is 45.4 Å². The highest BCUT2D eigenvalue weighted by molar-refractivity contribution is 8.15. The van der Waals surface area contributed by atoms with Crippen LogP contribution in [0.25, 0.3) is 17.1 Å². The molecule has 0 unspecified atom stereocenters. The van der Waals surface area contributed by atoms with E-state index in [1.165, 1.54) is 53.5 Å². The molecular formula is C28H19ClF6N6O4S2. The van der Waals surface area contributed by atoms with E-state index in [9.17, 15) is 31.1 Å². The number of carbonyl (C=O) groups is 1. The molecule has 0 atom stereocenters. The van der Waals surface area contributed by atoms with E-state index in [-0.39, 0.29) is 44.8 Å². The second kappa shape index (κ2) is 14.2. The zero-order chi connectivity index (χ0) is 33.8. The predicted molar refractivity (Wildman–Crippen MR) is 164 cm³/mol. The Morgan fingerprint density at radius 1 is 1.04 bits per heavy atom. The van der Waals surface area contributed by atoms with Crippen molar-refractivity contribution in [2.75, 3.05) is 17.3 Å². The van der Waals surface area contributed by atoms with Crippen molar-refractivity contribution in [3.63, 3.8) is 0 Å². The van der Waals surface area contributed by atoms with Crippen LogP contribution < -0.4 is 19.9 Å². The number of hydroxylamine groups is 1. The average molecular weight is 717 g/mol. The van der Waals surface area contributed by atoms with Crippen LogP contribution in [0.15, 0.2) is 78.0 Å². The average Bonchev–Trinajstić information content (AvgIpc) is 3.63. The number of thiocarbonyl (C=S) groups is 1. The minimum absolute atomic E-state index is 0.0212. The number of hydrogen-bond donors (Lipinski definition) is 1. The molecule has 10 nitrogen and oxygen atoms in total. The number of aromatic nitrogens is 3. The molecule has 47 heavy (non-hydrogen) atoms. The van der Waals surface area contributed by atoms with Crippen LogP contribution in [0.2, 0.25) is 5.02 Å². The standard InChI is InChI=1S/C28H19ClF6N6O4S2/c29-18-5-10-22(43-14-27(30,31)32)21(11-18)41-23(42)13-47-26(41)37-25(46)39-44-12-16-1-3-17(4-2-16)24-36-15-40(38-24)19-6-8-20(9-7-19)45-28(33,34)35/h1-11,15H,12-14H2,(H,39,46)/b37-26-. The minimum Gasteiger partial charge on any atom is -0.482 e. The number of alkyl halides is 6. The van der Waals surface area contributed by atoms with Gasteiger partial charge in [0.25, 0.3) is 0 Å². The summed E-state index contributed by atoms with van der Waals surface area (Å²) in [6, 6.07) is 15.9. The monoisotopic (exact) mass is 716 g/mol. The van der Waals surface area contributed by atoms with Crippen molar-refractivity contribution in [1.82, 2.24) is 20.2 Å². The first-order valence-electron chi connectivity index (χ1n) is 13.1. The van der Waals surface area contributed by atoms with Gasteiger partial charge >= 0.3 is 12.5 Å². The molecular weight excluding hydrogens is 698 g/mol. The van der Waals surface area contributed by atoms with Gasteiger partial charge in [-0.2, -0.15) is 18.2 Å². The fourth-order valence-corrected chi connectivity index (χ4v) is 5.23. The first-order valence-corrected chi connectivity index (χ1v) is 14.8. The molecule has 0 saturated carbocycles. The number of nitrogens with one attached hydrogen (secondary N) is 1. The molecule has 1 N–H and O–H groups in total. The second-order valence-corrected chi connectivity index (χ2v) is 11.1. The second-order valence-electron chi connectivity index (χ2n) is 9.38. The van der Waals surface area contributed by atoms with E-state index in [4.69, 9.17) is 33.4 Å². The van der Waals surface area contributed by atoms with E-state index in [1.54, 1.807) is 24.3 Å². The molecule has 1 fully saturated rings. The molecule has 1 aliphatic heterocycles. The van der Waals surface area contributed by atoms with E-state index in [0.717, 1.165) is 16.7 Å². The third kappa shape index (κ3) is 9.34. The lowest BCUT2D eigenvalue weighted by molar-refractivity contribution is -0.274. The summed E-state index contributed by atoms with van der Waals surface area (Å²) >= 11 is 12.3. The number of aliphatic imine (C=N–C) groups is 1. The summed E-state index contributed by atoms with van der Waals surface area (Å²) in [6.45, 7) is -1.53. The topological polar surface area (TPSA) is 103 Å². The fraction of sp³-hybridized carbons (Fsp3) is 0.179. The number of anilines is 1. The van der Waals surface area contributed by atoms with Gasteiger partial charge in [-0.15, -0.1) is 18.3 Å². The Hall–Kier alpha value is -4.39. The SMILES string of the molecule is O=C1CS/C(=N\C(=S)NOCc2ccc(-c3ncn(-c4ccc(OC(F)(F)F)cc4)n3)cc2)N1c1cc(Cl)ccc1OCC(F)(F)F. The van der Waals surface area contributed by atoms with Crippen LogP contribution in [0.5, 0.6) is 11.5 Å². The van der Waals surface area contributed by atoms with Crippen LogP contribution >= 0.6 is 35.6 Å². The highest BCUT2D eigenvalue weighted by atomic mass is 35.5. The van der Waals surface area contributed by atoms with E-state index < -0.39 is 25.1 Å². The first-order chi connectivity index (χ1) is 22.2. The van der Waals surface area contributed by atoms with Gasteiger partial charge in [0, 0.05) is 10.6 Å². The molecule has 2 heterocycles. The number of amides is 1. The third-order valence-corrected chi connectivity index (χ3v) is 7.29. The molecule has 19 heteroatoms. The summed E-state index contributed by atoms with van der Waals surface area (Å²) in [5.41, 5.74) is 4.31. The molecule has 4 aromatic rings. The minimum atomic E-state index is -4.79. The molecule has 246 valence electrons. The summed E-state index contributed by atoms with van der Waals surface area (Å²) in [7, 11) is 0. The zero-order valence-corrected chi connectivity index (χ0v) is 25.8. The van der Waals surface area contributed by atoms with Crippen LogP contribution in [-0.4, -0.2) is 55.9 Å². The van der Waals surface area contributed by atoms with E-state index in [0.29, 0.717) is 22.6 Å². The fourth-order valence-electron chi connectivity index (χ4n) is 3.99. The highest BCUT2D eigenvalue weighted by Gasteiger charge is 2.34. The Bertz CT molecular complexity index is 1790. The Morgan fingerprint density at radius 3 is 2.45 bits per heavy atom. The van der Waals surface area contributed by atoms with Gasteiger partial charge in [-0.25, -0.2) is 15.1 Å². The summed E-state index contributed by atoms with van der Waals surface area (Å²) < 4.78 is 85.6. The first kappa shape index (κ1) is 34.0. The van der Waals surface area contributed by atoms with E-state index in [2.05, 4.69) is 25.3 Å². The lowest BCUT2D eigenvalue weighted by Crippen LogP contribution is -2.32. The highest BCUT2D eigenvalue weighted by Crippen LogP contribution is 2.37. The summed E-state index contributed by atoms with van der Waals surface area (Å²) in [4.78, 5) is 27.6. The van der Waals surface area contributed by atoms with E-state index >= 15 is 0 Å². The number of benzene rings is 3. The van der Waals surface area contributed by atoms with Crippen LogP contribution in [0, 0.1) is 0 Å². The Kier molecular flexibility index (Phi) is 10.2. The van der Waals surface area contributed by atoms with Gasteiger partial charge in [0.05, 0.1) is 23.7 Å². The van der Waals surface area contributed by atoms with E-state index in [1.807, 2.05) is 0 Å². The molecule has 1 aliphatic rings. The smallest absolute Gasteiger partial charge is 0.482 e. The molecule has 1 amide bonds. The van der Waals surface area contributed by atoms with Crippen LogP contribution in [0.4, 0.5) is 32.0 Å². The molecule has 0 bridgehead atoms. The third-order valence-electron chi connectivity index (χ3n) is 5.95. The van der Waals surface area contributed by atoms with Crippen LogP contribution in [0.3, 0.4) is 0 Å². The molecule has 0 radical (unpaired) electrons. The Morgan fingerprint density at radius 2 is 1.77 bits per heavy atom. The maximum absolute atomic E-state index is 12.8. The largest absolute Gasteiger partial charge is 0.573 e. The molecule has 1 saturated heterocycles. The lowest BCUT2D eigenvalue weighted by Gasteiger charge is -2.21. The van der Waals surface area contributed by atoms with Gasteiger partial charge in [0.1, 0.15) is 17.8 Å². The number of ether oxygens (including phenoxy) is 2. The molecule has 1 aromatic heterocycles. The molecule has 0 aliphatic carbocycles. The molecule has 5 rings (SSSR count). The van der Waals surface area contributed by atoms with Crippen molar-refractivity contribution in [2.45, 2.75) is 19.1 Å². The van der Waals surface area contributed by atoms with Crippen molar-refractivity contribution in [3.8, 4) is 28.6 Å². The Balaban J connectivity index is 1.17.